The second-order valence-electron chi connectivity index (χ2n) is 13.6. The SMILES string of the molecule is COc1ccc(CC(=O)c2ccco2)cn1.COc1ccc(CC(C#N)(c2ccco2)N2CCOCC2)cn1.COc1ccc(CCl)cn1.N#CC(c1ccco1)N1C[CH+]OCC1. The molecule has 8 heterocycles. The zero-order valence-electron chi connectivity index (χ0n) is 35.3. The van der Waals surface area contributed by atoms with Crippen LogP contribution in [0.5, 0.6) is 17.6 Å². The van der Waals surface area contributed by atoms with Crippen molar-refractivity contribution >= 4 is 17.4 Å². The number of aromatic nitrogens is 3. The molecule has 2 unspecified atom stereocenters. The maximum absolute atomic E-state index is 11.7. The standard InChI is InChI=1S/C17H19N3O3.C12H11NO3.C10H11N2O2.C7H8ClNO/c1-21-16-5-4-14(12-19-16)11-17(13-18,15-3-2-8-23-15)20-6-9-22-10-7-20;1-15-12-5-4-9(8-13-12)7-10(14)11-3-2-6-16-11;11-8-9(10-2-1-5-14-10)12-3-6-13-7-4-12;1-10-7-3-2-6(4-8)5-9-7/h2-5,8,12H,6-7,9-11H2,1H3;2-6,8H,7H2,1H3;1-2,5-6,9H,3-4,7H2;2-3,5H,4H2,1H3/q;;+1;. The maximum atomic E-state index is 11.7. The molecule has 2 aliphatic heterocycles. The molecule has 0 bridgehead atoms. The fraction of sp³-hybridized carbons (Fsp3) is 0.326. The lowest BCUT2D eigenvalue weighted by atomic mass is 9.88. The Hall–Kier alpha value is -6.66. The monoisotopic (exact) mass is 878 g/mol. The molecule has 6 aromatic heterocycles. The Kier molecular flexibility index (Phi) is 19.0. The van der Waals surface area contributed by atoms with E-state index in [0.717, 1.165) is 23.2 Å². The molecule has 2 fully saturated rings. The van der Waals surface area contributed by atoms with Crippen LogP contribution in [0.1, 0.15) is 44.8 Å². The fourth-order valence-electron chi connectivity index (χ4n) is 6.37. The van der Waals surface area contributed by atoms with Crippen LogP contribution >= 0.6 is 11.6 Å². The van der Waals surface area contributed by atoms with Crippen LogP contribution in [0.3, 0.4) is 0 Å². The summed E-state index contributed by atoms with van der Waals surface area (Å²) in [5, 5.41) is 19.1. The zero-order valence-corrected chi connectivity index (χ0v) is 36.1. The molecule has 0 aliphatic carbocycles. The van der Waals surface area contributed by atoms with Gasteiger partial charge in [-0.2, -0.15) is 15.3 Å². The van der Waals surface area contributed by atoms with Crippen molar-refractivity contribution in [1.29, 1.82) is 10.5 Å². The number of rotatable bonds is 13. The average molecular weight is 879 g/mol. The third-order valence-electron chi connectivity index (χ3n) is 9.68. The molecule has 0 aromatic carbocycles. The Morgan fingerprint density at radius 3 is 1.86 bits per heavy atom. The summed E-state index contributed by atoms with van der Waals surface area (Å²) in [7, 11) is 4.72. The molecule has 0 amide bonds. The first kappa shape index (κ1) is 47.4. The normalized spacial score (nSPS) is 15.0. The van der Waals surface area contributed by atoms with Crippen LogP contribution in [0.4, 0.5) is 0 Å². The first-order chi connectivity index (χ1) is 30.9. The van der Waals surface area contributed by atoms with E-state index in [0.29, 0.717) is 86.7 Å². The minimum absolute atomic E-state index is 0.0584. The van der Waals surface area contributed by atoms with Crippen LogP contribution < -0.4 is 14.2 Å². The number of carbonyl (C=O) groups excluding carboxylic acids is 1. The van der Waals surface area contributed by atoms with Gasteiger partial charge in [0.25, 0.3) is 0 Å². The molecular weight excluding hydrogens is 830 g/mol. The largest absolute Gasteiger partial charge is 0.481 e. The second kappa shape index (κ2) is 25.3. The molecule has 63 heavy (non-hydrogen) atoms. The number of morpholine rings is 2. The number of furan rings is 3. The van der Waals surface area contributed by atoms with Gasteiger partial charge in [-0.15, -0.1) is 11.6 Å². The topological polar surface area (TPSA) is 195 Å². The van der Waals surface area contributed by atoms with Crippen molar-refractivity contribution in [3.05, 3.63) is 151 Å². The number of ketones is 1. The minimum atomic E-state index is -0.858. The number of pyridine rings is 3. The summed E-state index contributed by atoms with van der Waals surface area (Å²) in [4.78, 5) is 28.0. The molecule has 0 saturated carbocycles. The average Bonchev–Trinajstić information content (AvgIpc) is 4.20. The molecular formula is C46H49ClN7O9+. The summed E-state index contributed by atoms with van der Waals surface area (Å²) in [6, 6.07) is 26.0. The van der Waals surface area contributed by atoms with Gasteiger partial charge in [0.15, 0.2) is 23.9 Å². The highest BCUT2D eigenvalue weighted by molar-refractivity contribution is 6.17. The van der Waals surface area contributed by atoms with E-state index in [1.165, 1.54) is 6.26 Å². The van der Waals surface area contributed by atoms with Crippen molar-refractivity contribution in [3.63, 3.8) is 0 Å². The summed E-state index contributed by atoms with van der Waals surface area (Å²) in [6.45, 7) is 6.40. The van der Waals surface area contributed by atoms with Crippen LogP contribution in [0.2, 0.25) is 0 Å². The van der Waals surface area contributed by atoms with Crippen molar-refractivity contribution < 1.29 is 41.7 Å². The van der Waals surface area contributed by atoms with Gasteiger partial charge in [-0.25, -0.2) is 19.9 Å². The van der Waals surface area contributed by atoms with Gasteiger partial charge in [-0.1, -0.05) is 18.2 Å². The van der Waals surface area contributed by atoms with Gasteiger partial charge in [0.2, 0.25) is 30.0 Å². The first-order valence-corrected chi connectivity index (χ1v) is 20.4. The van der Waals surface area contributed by atoms with E-state index in [1.807, 2.05) is 41.3 Å². The number of halogens is 1. The summed E-state index contributed by atoms with van der Waals surface area (Å²) in [5.74, 6) is 3.87. The van der Waals surface area contributed by atoms with Crippen molar-refractivity contribution in [3.8, 4) is 29.8 Å². The Labute approximate surface area is 371 Å². The molecule has 6 aromatic rings. The molecule has 2 atom stereocenters. The minimum Gasteiger partial charge on any atom is -0.481 e. The number of methoxy groups -OCH3 is 3. The van der Waals surface area contributed by atoms with Gasteiger partial charge in [0.1, 0.15) is 18.1 Å². The first-order valence-electron chi connectivity index (χ1n) is 19.8. The van der Waals surface area contributed by atoms with E-state index in [2.05, 4.69) is 32.0 Å². The predicted molar refractivity (Wildman–Crippen MR) is 230 cm³/mol. The third kappa shape index (κ3) is 13.9. The Morgan fingerprint density at radius 2 is 1.38 bits per heavy atom. The highest BCUT2D eigenvalue weighted by Gasteiger charge is 2.42. The maximum Gasteiger partial charge on any atom is 0.242 e. The summed E-state index contributed by atoms with van der Waals surface area (Å²) < 4.78 is 41.3. The summed E-state index contributed by atoms with van der Waals surface area (Å²) >= 11 is 5.54. The van der Waals surface area contributed by atoms with Crippen LogP contribution in [-0.4, -0.2) is 97.9 Å². The molecule has 2 saturated heterocycles. The summed E-state index contributed by atoms with van der Waals surface area (Å²) in [5.41, 5.74) is 1.93. The number of nitriles is 2. The van der Waals surface area contributed by atoms with E-state index in [9.17, 15) is 10.1 Å². The Balaban J connectivity index is 0.000000165. The fourth-order valence-corrected chi connectivity index (χ4v) is 6.53. The van der Waals surface area contributed by atoms with E-state index in [1.54, 1.807) is 95.5 Å². The quantitative estimate of drug-likeness (QED) is 0.0638. The summed E-state index contributed by atoms with van der Waals surface area (Å²) in [6.07, 6.45) is 10.5. The number of hydrogen-bond acceptors (Lipinski definition) is 16. The molecule has 8 rings (SSSR count). The highest BCUT2D eigenvalue weighted by atomic mass is 35.5. The van der Waals surface area contributed by atoms with E-state index in [4.69, 9.17) is 53.8 Å². The number of Topliss-reactive ketones (excluding diaryl/α,β-unsaturated/α-hetero) is 1. The number of hydrogen-bond donors (Lipinski definition) is 0. The van der Waals surface area contributed by atoms with Gasteiger partial charge < -0.3 is 32.2 Å². The number of carbonyl (C=O) groups is 1. The zero-order chi connectivity index (χ0) is 44.7. The van der Waals surface area contributed by atoms with E-state index in [-0.39, 0.29) is 18.2 Å². The number of nitrogens with zero attached hydrogens (tertiary/aromatic N) is 7. The second-order valence-corrected chi connectivity index (χ2v) is 13.9. The molecule has 2 aliphatic rings. The molecule has 328 valence electrons. The van der Waals surface area contributed by atoms with E-state index >= 15 is 0 Å². The third-order valence-corrected chi connectivity index (χ3v) is 9.99. The van der Waals surface area contributed by atoms with Gasteiger partial charge in [0, 0.05) is 75.1 Å². The lowest BCUT2D eigenvalue weighted by Crippen LogP contribution is -2.51. The van der Waals surface area contributed by atoms with E-state index < -0.39 is 5.54 Å². The molecule has 0 N–H and O–H groups in total. The van der Waals surface area contributed by atoms with Gasteiger partial charge in [0.05, 0.1) is 65.5 Å². The Morgan fingerprint density at radius 1 is 0.778 bits per heavy atom. The van der Waals surface area contributed by atoms with Crippen molar-refractivity contribution in [2.45, 2.75) is 30.3 Å². The van der Waals surface area contributed by atoms with Gasteiger partial charge in [-0.3, -0.25) is 9.69 Å². The van der Waals surface area contributed by atoms with Gasteiger partial charge >= 0.3 is 0 Å². The number of alkyl halides is 1. The van der Waals surface area contributed by atoms with Crippen molar-refractivity contribution in [2.24, 2.45) is 0 Å². The van der Waals surface area contributed by atoms with Crippen LogP contribution in [0.25, 0.3) is 0 Å². The molecule has 16 nitrogen and oxygen atoms in total. The predicted octanol–water partition coefficient (Wildman–Crippen LogP) is 7.25. The molecule has 0 radical (unpaired) electrons. The lowest BCUT2D eigenvalue weighted by Gasteiger charge is -2.39. The highest BCUT2D eigenvalue weighted by Crippen LogP contribution is 2.33. The van der Waals surface area contributed by atoms with Crippen LogP contribution in [0.15, 0.2) is 123 Å². The smallest absolute Gasteiger partial charge is 0.242 e. The van der Waals surface area contributed by atoms with Gasteiger partial charge in [-0.05, 0) is 53.1 Å². The van der Waals surface area contributed by atoms with Crippen LogP contribution in [0, 0.1) is 29.3 Å². The molecule has 17 heteroatoms. The number of ether oxygens (including phenoxy) is 5. The van der Waals surface area contributed by atoms with Crippen molar-refractivity contribution in [1.82, 2.24) is 24.8 Å². The molecule has 0 spiro atoms. The lowest BCUT2D eigenvalue weighted by molar-refractivity contribution is -0.0116. The van der Waals surface area contributed by atoms with Crippen molar-refractivity contribution in [2.75, 3.05) is 67.3 Å². The van der Waals surface area contributed by atoms with Crippen LogP contribution in [-0.2, 0) is 33.7 Å². The Bertz CT molecular complexity index is 2230.